The lowest BCUT2D eigenvalue weighted by molar-refractivity contribution is -0.181. The van der Waals surface area contributed by atoms with E-state index in [2.05, 4.69) is 16.0 Å². The number of alkyl halides is 2. The Hall–Kier alpha value is -3.56. The van der Waals surface area contributed by atoms with Crippen LogP contribution in [0, 0.1) is 30.0 Å². The van der Waals surface area contributed by atoms with Crippen molar-refractivity contribution in [2.75, 3.05) is 20.2 Å². The molecule has 2 aliphatic heterocycles. The maximum absolute atomic E-state index is 17.0. The zero-order valence-electron chi connectivity index (χ0n) is 25.7. The monoisotopic (exact) mass is 685 g/mol. The van der Waals surface area contributed by atoms with Crippen LogP contribution in [0.15, 0.2) is 30.3 Å². The van der Waals surface area contributed by atoms with Crippen LogP contribution < -0.4 is 5.32 Å². The lowest BCUT2D eigenvalue weighted by atomic mass is 9.92. The number of carbonyl (C=O) groups is 1. The molecule has 2 aromatic carbocycles. The molecule has 1 N–H and O–H groups in total. The van der Waals surface area contributed by atoms with Gasteiger partial charge >= 0.3 is 12.7 Å². The van der Waals surface area contributed by atoms with E-state index in [4.69, 9.17) is 37.7 Å². The van der Waals surface area contributed by atoms with E-state index in [0.717, 1.165) is 29.6 Å². The van der Waals surface area contributed by atoms with Gasteiger partial charge in [0.15, 0.2) is 5.82 Å². The van der Waals surface area contributed by atoms with Crippen molar-refractivity contribution in [3.05, 3.63) is 63.1 Å². The number of hydrogen-bond acceptors (Lipinski definition) is 6. The molecule has 8 nitrogen and oxygen atoms in total. The van der Waals surface area contributed by atoms with Crippen LogP contribution in [-0.4, -0.2) is 59.5 Å². The van der Waals surface area contributed by atoms with Crippen LogP contribution >= 0.6 is 23.2 Å². The molecule has 7 rings (SSSR count). The van der Waals surface area contributed by atoms with Crippen molar-refractivity contribution < 1.29 is 27.4 Å². The predicted octanol–water partition coefficient (Wildman–Crippen LogP) is 8.11. The molecule has 3 aliphatic rings. The number of pyridine rings is 1. The molecule has 5 atom stereocenters. The number of likely N-dealkylation sites (tertiary alicyclic amines) is 1. The van der Waals surface area contributed by atoms with E-state index in [0.29, 0.717) is 35.2 Å². The predicted molar refractivity (Wildman–Crippen MR) is 172 cm³/mol. The Morgan fingerprint density at radius 2 is 2.02 bits per heavy atom. The number of benzene rings is 2. The van der Waals surface area contributed by atoms with E-state index in [-0.39, 0.29) is 52.5 Å². The SMILES string of the molecule is COC(=O)N1[C@@H]2C[C@@H]([C@@H](OC(F)F)C2)[C@@H]1c1cc2c(C)nc3c(F)c(-c4cccc(Cl)c4Cl)c(CCC#N)cc3c2n1[C@H]1CCNC1. The fourth-order valence-electron chi connectivity index (χ4n) is 8.18. The highest BCUT2D eigenvalue weighted by Gasteiger charge is 2.56. The Kier molecular flexibility index (Phi) is 8.49. The molecule has 3 fully saturated rings. The van der Waals surface area contributed by atoms with Crippen molar-refractivity contribution in [2.24, 2.45) is 5.92 Å². The summed E-state index contributed by atoms with van der Waals surface area (Å²) in [7, 11) is 1.31. The number of amides is 1. The average molecular weight is 687 g/mol. The number of nitrogens with one attached hydrogen (secondary N) is 1. The molecule has 4 aromatic rings. The molecule has 13 heteroatoms. The summed E-state index contributed by atoms with van der Waals surface area (Å²) >= 11 is 12.9. The van der Waals surface area contributed by atoms with Gasteiger partial charge in [0.05, 0.1) is 40.9 Å². The van der Waals surface area contributed by atoms with Crippen molar-refractivity contribution in [1.29, 1.82) is 5.26 Å². The van der Waals surface area contributed by atoms with Gasteiger partial charge in [-0.15, -0.1) is 0 Å². The van der Waals surface area contributed by atoms with Crippen LogP contribution in [-0.2, 0) is 15.9 Å². The highest BCUT2D eigenvalue weighted by atomic mass is 35.5. The second kappa shape index (κ2) is 12.5. The zero-order valence-corrected chi connectivity index (χ0v) is 27.2. The third-order valence-electron chi connectivity index (χ3n) is 10.0. The van der Waals surface area contributed by atoms with Crippen molar-refractivity contribution in [1.82, 2.24) is 19.8 Å². The lowest BCUT2D eigenvalue weighted by Crippen LogP contribution is -2.45. The minimum atomic E-state index is -2.94. The number of nitriles is 1. The van der Waals surface area contributed by atoms with Gasteiger partial charge in [0.2, 0.25) is 0 Å². The molecular formula is C34H32Cl2F3N5O3. The number of methoxy groups -OCH3 is 1. The summed E-state index contributed by atoms with van der Waals surface area (Å²) in [5, 5.41) is 14.7. The molecule has 0 unspecified atom stereocenters. The standard InChI is InChI=1S/C34H32Cl2F3N5O3/c1-16-21-14-25(32-22-12-19(44(32)34(45)46-2)13-26(22)47-33(38)39)43(18-8-10-41-15-18)31(21)23-11-17(5-4-9-40)27(29(37)30(23)42-16)20-6-3-7-24(35)28(20)36/h3,6-7,11,14,18-19,22,26,32-33,41H,4-5,8,10,12-13,15H2,1-2H3/t18-,19+,22-,26-,32+/m0/s1. The third-order valence-corrected chi connectivity index (χ3v) is 10.8. The number of aromatic nitrogens is 2. The molecule has 2 saturated heterocycles. The van der Waals surface area contributed by atoms with Crippen LogP contribution in [0.5, 0.6) is 0 Å². The first-order valence-electron chi connectivity index (χ1n) is 15.6. The Bertz CT molecular complexity index is 1940. The van der Waals surface area contributed by atoms with Gasteiger partial charge in [0.25, 0.3) is 0 Å². The first-order valence-corrected chi connectivity index (χ1v) is 16.4. The fourth-order valence-corrected chi connectivity index (χ4v) is 8.57. The molecule has 1 amide bonds. The van der Waals surface area contributed by atoms with Crippen molar-refractivity contribution >= 4 is 51.1 Å². The van der Waals surface area contributed by atoms with Gasteiger partial charge in [-0.1, -0.05) is 35.3 Å². The summed E-state index contributed by atoms with van der Waals surface area (Å²) in [5.41, 5.74) is 3.40. The molecule has 2 aromatic heterocycles. The van der Waals surface area contributed by atoms with Crippen LogP contribution in [0.25, 0.3) is 32.9 Å². The van der Waals surface area contributed by atoms with Gasteiger partial charge in [0, 0.05) is 64.3 Å². The van der Waals surface area contributed by atoms with Crippen molar-refractivity contribution in [3.63, 3.8) is 0 Å². The Labute approximate surface area is 279 Å². The quantitative estimate of drug-likeness (QED) is 0.211. The largest absolute Gasteiger partial charge is 0.453 e. The van der Waals surface area contributed by atoms with E-state index >= 15 is 4.39 Å². The van der Waals surface area contributed by atoms with Crippen molar-refractivity contribution in [3.8, 4) is 17.2 Å². The summed E-state index contributed by atoms with van der Waals surface area (Å²) in [6.07, 6.45) is 0.665. The molecule has 2 bridgehead atoms. The maximum atomic E-state index is 17.0. The number of nitrogens with zero attached hydrogens (tertiary/aromatic N) is 4. The van der Waals surface area contributed by atoms with Gasteiger partial charge in [-0.05, 0) is 62.9 Å². The molecule has 4 heterocycles. The lowest BCUT2D eigenvalue weighted by Gasteiger charge is -2.39. The zero-order chi connectivity index (χ0) is 33.1. The number of fused-ring (bicyclic) bond motifs is 5. The van der Waals surface area contributed by atoms with Crippen LogP contribution in [0.3, 0.4) is 0 Å². The molecule has 1 saturated carbocycles. The van der Waals surface area contributed by atoms with E-state index in [1.165, 1.54) is 7.11 Å². The second-order valence-corrected chi connectivity index (χ2v) is 13.3. The minimum Gasteiger partial charge on any atom is -0.453 e. The van der Waals surface area contributed by atoms with Gasteiger partial charge in [-0.2, -0.15) is 14.0 Å². The number of aryl methyl sites for hydroxylation is 2. The summed E-state index contributed by atoms with van der Waals surface area (Å²) in [6, 6.07) is 10.0. The molecule has 246 valence electrons. The molecule has 47 heavy (non-hydrogen) atoms. The normalized spacial score (nSPS) is 23.8. The van der Waals surface area contributed by atoms with Gasteiger partial charge in [-0.25, -0.2) is 14.2 Å². The summed E-state index contributed by atoms with van der Waals surface area (Å²) in [6.45, 7) is 0.234. The van der Waals surface area contributed by atoms with Gasteiger partial charge in [-0.3, -0.25) is 4.90 Å². The van der Waals surface area contributed by atoms with E-state index < -0.39 is 36.6 Å². The van der Waals surface area contributed by atoms with Crippen LogP contribution in [0.4, 0.5) is 18.0 Å². The van der Waals surface area contributed by atoms with Gasteiger partial charge < -0.3 is 19.4 Å². The molecule has 0 spiro atoms. The first kappa shape index (κ1) is 32.0. The first-order chi connectivity index (χ1) is 22.6. The Balaban J connectivity index is 1.52. The molecule has 0 radical (unpaired) electrons. The van der Waals surface area contributed by atoms with E-state index in [1.54, 1.807) is 30.0 Å². The maximum Gasteiger partial charge on any atom is 0.410 e. The Morgan fingerprint density at radius 1 is 1.21 bits per heavy atom. The molecular weight excluding hydrogens is 654 g/mol. The van der Waals surface area contributed by atoms with E-state index in [9.17, 15) is 18.8 Å². The number of hydrogen-bond donors (Lipinski definition) is 1. The van der Waals surface area contributed by atoms with Crippen molar-refractivity contribution in [2.45, 2.75) is 69.9 Å². The number of carbonyl (C=O) groups excluding carboxylic acids is 1. The highest BCUT2D eigenvalue weighted by molar-refractivity contribution is 6.43. The van der Waals surface area contributed by atoms with E-state index in [1.807, 2.05) is 12.1 Å². The average Bonchev–Trinajstić information content (AvgIpc) is 3.85. The number of ether oxygens (including phenoxy) is 2. The van der Waals surface area contributed by atoms with Gasteiger partial charge in [0.1, 0.15) is 5.52 Å². The summed E-state index contributed by atoms with van der Waals surface area (Å²) < 4.78 is 56.5. The molecule has 1 aliphatic carbocycles. The topological polar surface area (TPSA) is 92.4 Å². The number of piperidine rings is 1. The second-order valence-electron chi connectivity index (χ2n) is 12.5. The van der Waals surface area contributed by atoms with Crippen LogP contribution in [0.1, 0.15) is 54.7 Å². The number of rotatable bonds is 7. The number of halogens is 5. The minimum absolute atomic E-state index is 0.0757. The summed E-state index contributed by atoms with van der Waals surface area (Å²) in [5.74, 6) is -0.977. The van der Waals surface area contributed by atoms with Crippen LogP contribution in [0.2, 0.25) is 10.0 Å². The third kappa shape index (κ3) is 5.21. The Morgan fingerprint density at radius 3 is 2.72 bits per heavy atom. The highest BCUT2D eigenvalue weighted by Crippen LogP contribution is 2.54. The summed E-state index contributed by atoms with van der Waals surface area (Å²) in [4.78, 5) is 19.7. The smallest absolute Gasteiger partial charge is 0.410 e. The fraction of sp³-hybridized carbons (Fsp3) is 0.441.